The van der Waals surface area contributed by atoms with Crippen molar-refractivity contribution in [3.63, 3.8) is 0 Å². The Hall–Kier alpha value is -3.40. The van der Waals surface area contributed by atoms with Crippen LogP contribution < -0.4 is 10.2 Å². The van der Waals surface area contributed by atoms with E-state index in [1.165, 1.54) is 0 Å². The van der Waals surface area contributed by atoms with Gasteiger partial charge in [-0.15, -0.1) is 0 Å². The van der Waals surface area contributed by atoms with Gasteiger partial charge in [-0.3, -0.25) is 9.59 Å². The van der Waals surface area contributed by atoms with Crippen molar-refractivity contribution >= 4 is 17.5 Å². The first-order chi connectivity index (χ1) is 14.2. The summed E-state index contributed by atoms with van der Waals surface area (Å²) in [6, 6.07) is 29.3. The summed E-state index contributed by atoms with van der Waals surface area (Å²) in [5.74, 6) is -0.176. The van der Waals surface area contributed by atoms with Crippen LogP contribution in [0.4, 0.5) is 5.69 Å². The van der Waals surface area contributed by atoms with Crippen molar-refractivity contribution in [1.82, 2.24) is 5.32 Å². The molecular weight excluding hydrogens is 360 g/mol. The van der Waals surface area contributed by atoms with Crippen molar-refractivity contribution < 1.29 is 9.59 Å². The number of carbonyl (C=O) groups is 2. The van der Waals surface area contributed by atoms with E-state index in [1.54, 1.807) is 0 Å². The summed E-state index contributed by atoms with van der Waals surface area (Å²) in [4.78, 5) is 27.4. The largest absolute Gasteiger partial charge is 0.355 e. The van der Waals surface area contributed by atoms with Gasteiger partial charge >= 0.3 is 0 Å². The first-order valence-electron chi connectivity index (χ1n) is 9.95. The van der Waals surface area contributed by atoms with Crippen LogP contribution >= 0.6 is 0 Å². The molecule has 2 amide bonds. The average molecular weight is 384 g/mol. The predicted molar refractivity (Wildman–Crippen MR) is 115 cm³/mol. The summed E-state index contributed by atoms with van der Waals surface area (Å²) in [7, 11) is 0. The van der Waals surface area contributed by atoms with E-state index in [0.717, 1.165) is 16.8 Å². The van der Waals surface area contributed by atoms with E-state index in [2.05, 4.69) is 5.32 Å². The van der Waals surface area contributed by atoms with Crippen molar-refractivity contribution in [3.05, 3.63) is 102 Å². The number of hydrogen-bond donors (Lipinski definition) is 1. The van der Waals surface area contributed by atoms with E-state index >= 15 is 0 Å². The molecule has 29 heavy (non-hydrogen) atoms. The Bertz CT molecular complexity index is 918. The van der Waals surface area contributed by atoms with Gasteiger partial charge in [0.2, 0.25) is 11.8 Å². The second-order valence-electron chi connectivity index (χ2n) is 7.41. The number of para-hydroxylation sites is 1. The lowest BCUT2D eigenvalue weighted by atomic mass is 9.90. The summed E-state index contributed by atoms with van der Waals surface area (Å²) in [6.45, 7) is 1.12. The van der Waals surface area contributed by atoms with Crippen LogP contribution in [-0.4, -0.2) is 24.9 Å². The molecule has 0 aromatic heterocycles. The zero-order valence-electron chi connectivity index (χ0n) is 16.2. The maximum atomic E-state index is 13.1. The number of anilines is 1. The lowest BCUT2D eigenvalue weighted by molar-refractivity contribution is -0.122. The van der Waals surface area contributed by atoms with Gasteiger partial charge in [-0.25, -0.2) is 0 Å². The Kier molecular flexibility index (Phi) is 5.71. The van der Waals surface area contributed by atoms with Crippen molar-refractivity contribution in [1.29, 1.82) is 0 Å². The predicted octanol–water partition coefficient (Wildman–Crippen LogP) is 3.99. The Morgan fingerprint density at radius 2 is 1.38 bits per heavy atom. The Labute approximate surface area is 171 Å². The Morgan fingerprint density at radius 3 is 1.93 bits per heavy atom. The van der Waals surface area contributed by atoms with Crippen LogP contribution in [0.1, 0.15) is 23.5 Å². The molecule has 3 aromatic rings. The molecule has 0 radical (unpaired) electrons. The van der Waals surface area contributed by atoms with Crippen molar-refractivity contribution in [3.8, 4) is 0 Å². The molecule has 3 aromatic carbocycles. The molecule has 1 heterocycles. The second-order valence-corrected chi connectivity index (χ2v) is 7.41. The fourth-order valence-electron chi connectivity index (χ4n) is 3.91. The number of benzene rings is 3. The maximum absolute atomic E-state index is 13.1. The molecule has 1 aliphatic rings. The molecule has 1 atom stereocenters. The molecule has 1 aliphatic heterocycles. The van der Waals surface area contributed by atoms with Gasteiger partial charge in [-0.1, -0.05) is 78.9 Å². The zero-order chi connectivity index (χ0) is 20.1. The number of carbonyl (C=O) groups excluding carboxylic acids is 2. The molecule has 4 heteroatoms. The zero-order valence-corrected chi connectivity index (χ0v) is 16.2. The molecule has 1 fully saturated rings. The minimum absolute atomic E-state index is 0.0342. The van der Waals surface area contributed by atoms with Gasteiger partial charge < -0.3 is 10.2 Å². The number of rotatable bonds is 6. The Balaban J connectivity index is 1.44. The topological polar surface area (TPSA) is 49.4 Å². The highest BCUT2D eigenvalue weighted by atomic mass is 16.2. The summed E-state index contributed by atoms with van der Waals surface area (Å²) in [5, 5.41) is 3.10. The van der Waals surface area contributed by atoms with Crippen LogP contribution in [0, 0.1) is 5.92 Å². The molecule has 4 rings (SSSR count). The first kappa shape index (κ1) is 18.9. The quantitative estimate of drug-likeness (QED) is 0.699. The molecule has 4 nitrogen and oxygen atoms in total. The lowest BCUT2D eigenvalue weighted by Gasteiger charge is -2.20. The number of nitrogens with zero attached hydrogens (tertiary/aromatic N) is 1. The molecule has 0 bridgehead atoms. The molecule has 1 unspecified atom stereocenters. The Morgan fingerprint density at radius 1 is 0.862 bits per heavy atom. The van der Waals surface area contributed by atoms with Crippen LogP contribution in [0.15, 0.2) is 91.0 Å². The van der Waals surface area contributed by atoms with Crippen LogP contribution in [0.5, 0.6) is 0 Å². The third kappa shape index (κ3) is 4.37. The first-order valence-corrected chi connectivity index (χ1v) is 9.95. The smallest absolute Gasteiger partial charge is 0.232 e. The van der Waals surface area contributed by atoms with Gasteiger partial charge in [0.15, 0.2) is 0 Å². The van der Waals surface area contributed by atoms with E-state index in [9.17, 15) is 9.59 Å². The van der Waals surface area contributed by atoms with Crippen LogP contribution in [0.25, 0.3) is 0 Å². The third-order valence-electron chi connectivity index (χ3n) is 5.37. The molecule has 0 spiro atoms. The average Bonchev–Trinajstić information content (AvgIpc) is 3.15. The van der Waals surface area contributed by atoms with Gasteiger partial charge in [0.25, 0.3) is 0 Å². The van der Waals surface area contributed by atoms with Crippen molar-refractivity contribution in [2.45, 2.75) is 12.3 Å². The third-order valence-corrected chi connectivity index (χ3v) is 5.37. The maximum Gasteiger partial charge on any atom is 0.232 e. The van der Waals surface area contributed by atoms with Gasteiger partial charge in [-0.05, 0) is 23.3 Å². The SMILES string of the molecule is O=C(NCC1CC(=O)N(c2ccccc2)C1)C(c1ccccc1)c1ccccc1. The van der Waals surface area contributed by atoms with Crippen LogP contribution in [0.2, 0.25) is 0 Å². The standard InChI is InChI=1S/C25H24N2O2/c28-23-16-19(18-27(23)22-14-8-3-9-15-22)17-26-25(29)24(20-10-4-1-5-11-20)21-12-6-2-7-13-21/h1-15,19,24H,16-18H2,(H,26,29). The minimum Gasteiger partial charge on any atom is -0.355 e. The highest BCUT2D eigenvalue weighted by Gasteiger charge is 2.31. The molecule has 146 valence electrons. The lowest BCUT2D eigenvalue weighted by Crippen LogP contribution is -2.35. The molecule has 1 saturated heterocycles. The monoisotopic (exact) mass is 384 g/mol. The molecular formula is C25H24N2O2. The highest BCUT2D eigenvalue weighted by Crippen LogP contribution is 2.27. The van der Waals surface area contributed by atoms with E-state index in [1.807, 2.05) is 95.9 Å². The normalized spacial score (nSPS) is 16.2. The van der Waals surface area contributed by atoms with Crippen LogP contribution in [0.3, 0.4) is 0 Å². The van der Waals surface area contributed by atoms with Gasteiger partial charge in [0, 0.05) is 31.1 Å². The number of amides is 2. The second kappa shape index (κ2) is 8.74. The van der Waals surface area contributed by atoms with Gasteiger partial charge in [-0.2, -0.15) is 0 Å². The number of nitrogens with one attached hydrogen (secondary N) is 1. The van der Waals surface area contributed by atoms with Crippen molar-refractivity contribution in [2.75, 3.05) is 18.0 Å². The minimum atomic E-state index is -0.361. The summed E-state index contributed by atoms with van der Waals surface area (Å²) in [6.07, 6.45) is 0.455. The molecule has 1 N–H and O–H groups in total. The van der Waals surface area contributed by atoms with Crippen molar-refractivity contribution in [2.24, 2.45) is 5.92 Å². The van der Waals surface area contributed by atoms with Gasteiger partial charge in [0.05, 0.1) is 5.92 Å². The van der Waals surface area contributed by atoms with E-state index in [4.69, 9.17) is 0 Å². The molecule has 0 aliphatic carbocycles. The summed E-state index contributed by atoms with van der Waals surface area (Å²) >= 11 is 0. The van der Waals surface area contributed by atoms with Crippen LogP contribution in [-0.2, 0) is 9.59 Å². The fraction of sp³-hybridized carbons (Fsp3) is 0.200. The fourth-order valence-corrected chi connectivity index (χ4v) is 3.91. The number of hydrogen-bond acceptors (Lipinski definition) is 2. The molecule has 0 saturated carbocycles. The van der Waals surface area contributed by atoms with Gasteiger partial charge in [0.1, 0.15) is 0 Å². The van der Waals surface area contributed by atoms with E-state index < -0.39 is 0 Å². The summed E-state index contributed by atoms with van der Waals surface area (Å²) < 4.78 is 0. The summed E-state index contributed by atoms with van der Waals surface area (Å²) in [5.41, 5.74) is 2.84. The van der Waals surface area contributed by atoms with E-state index in [0.29, 0.717) is 19.5 Å². The van der Waals surface area contributed by atoms with E-state index in [-0.39, 0.29) is 23.7 Å². The highest BCUT2D eigenvalue weighted by molar-refractivity contribution is 5.95.